The van der Waals surface area contributed by atoms with Gasteiger partial charge in [0.2, 0.25) is 0 Å². The van der Waals surface area contributed by atoms with Crippen LogP contribution in [0.15, 0.2) is 16.6 Å². The second kappa shape index (κ2) is 5.34. The number of fused-ring (bicyclic) bond motifs is 2. The highest BCUT2D eigenvalue weighted by Gasteiger charge is 2.22. The van der Waals surface area contributed by atoms with E-state index in [1.807, 2.05) is 12.1 Å². The molecule has 4 nitrogen and oxygen atoms in total. The molecule has 1 aromatic carbocycles. The van der Waals surface area contributed by atoms with Crippen molar-refractivity contribution in [2.45, 2.75) is 11.5 Å². The van der Waals surface area contributed by atoms with Gasteiger partial charge in [0.1, 0.15) is 18.4 Å². The first-order chi connectivity index (χ1) is 10.2. The number of rotatable bonds is 1. The standard InChI is InChI=1S/C14H10BrClN2O2S/c15-9-3-7(4-11-12(9)20-2-1-19-11)14-17-10-6-21-5-8(10)13(16)18-14/h3-4H,1-2,5-6H2. The Bertz CT molecular complexity index is 741. The number of hydrogen-bond donors (Lipinski definition) is 0. The lowest BCUT2D eigenvalue weighted by Crippen LogP contribution is -2.15. The lowest BCUT2D eigenvalue weighted by Gasteiger charge is -2.20. The van der Waals surface area contributed by atoms with Gasteiger partial charge in [-0.3, -0.25) is 0 Å². The molecule has 0 unspecified atom stereocenters. The summed E-state index contributed by atoms with van der Waals surface area (Å²) in [5, 5.41) is 0.547. The zero-order chi connectivity index (χ0) is 14.4. The summed E-state index contributed by atoms with van der Waals surface area (Å²) in [6.45, 7) is 1.11. The molecule has 2 aliphatic rings. The van der Waals surface area contributed by atoms with Crippen molar-refractivity contribution in [3.8, 4) is 22.9 Å². The molecular formula is C14H10BrClN2O2S. The fourth-order valence-electron chi connectivity index (χ4n) is 2.38. The summed E-state index contributed by atoms with van der Waals surface area (Å²) >= 11 is 11.6. The number of aromatic nitrogens is 2. The van der Waals surface area contributed by atoms with E-state index in [-0.39, 0.29) is 0 Å². The van der Waals surface area contributed by atoms with Gasteiger partial charge < -0.3 is 9.47 Å². The molecule has 0 bridgehead atoms. The zero-order valence-electron chi connectivity index (χ0n) is 10.9. The molecule has 0 N–H and O–H groups in total. The van der Waals surface area contributed by atoms with Crippen molar-refractivity contribution in [1.29, 1.82) is 0 Å². The van der Waals surface area contributed by atoms with E-state index in [4.69, 9.17) is 21.1 Å². The van der Waals surface area contributed by atoms with E-state index in [0.29, 0.717) is 29.9 Å². The Morgan fingerprint density at radius 1 is 1.14 bits per heavy atom. The lowest BCUT2D eigenvalue weighted by molar-refractivity contribution is 0.170. The third-order valence-corrected chi connectivity index (χ3v) is 5.25. The van der Waals surface area contributed by atoms with Crippen molar-refractivity contribution in [1.82, 2.24) is 9.97 Å². The summed E-state index contributed by atoms with van der Waals surface area (Å²) < 4.78 is 12.1. The molecule has 0 atom stereocenters. The predicted molar refractivity (Wildman–Crippen MR) is 86.2 cm³/mol. The Hall–Kier alpha value is -0.980. The lowest BCUT2D eigenvalue weighted by atomic mass is 10.1. The second-order valence-corrected chi connectivity index (χ2v) is 6.94. The predicted octanol–water partition coefficient (Wildman–Crippen LogP) is 4.08. The first-order valence-corrected chi connectivity index (χ1v) is 8.77. The first kappa shape index (κ1) is 13.7. The summed E-state index contributed by atoms with van der Waals surface area (Å²) in [7, 11) is 0. The molecule has 0 saturated heterocycles. The Labute approximate surface area is 139 Å². The Morgan fingerprint density at radius 2 is 2.00 bits per heavy atom. The molecule has 2 aromatic rings. The van der Waals surface area contributed by atoms with Crippen LogP contribution < -0.4 is 9.47 Å². The quantitative estimate of drug-likeness (QED) is 0.692. The second-order valence-electron chi connectivity index (χ2n) is 4.74. The Kier molecular flexibility index (Phi) is 3.47. The molecule has 0 amide bonds. The van der Waals surface area contributed by atoms with Crippen LogP contribution in [0.25, 0.3) is 11.4 Å². The minimum Gasteiger partial charge on any atom is -0.486 e. The molecule has 108 valence electrons. The number of hydrogen-bond acceptors (Lipinski definition) is 5. The highest BCUT2D eigenvalue weighted by atomic mass is 79.9. The van der Waals surface area contributed by atoms with E-state index in [0.717, 1.165) is 38.5 Å². The van der Waals surface area contributed by atoms with Gasteiger partial charge in [-0.25, -0.2) is 9.97 Å². The molecule has 0 saturated carbocycles. The van der Waals surface area contributed by atoms with Crippen molar-refractivity contribution in [3.05, 3.63) is 33.0 Å². The van der Waals surface area contributed by atoms with E-state index < -0.39 is 0 Å². The van der Waals surface area contributed by atoms with Gasteiger partial charge in [-0.05, 0) is 28.1 Å². The minimum absolute atomic E-state index is 0.547. The van der Waals surface area contributed by atoms with Crippen LogP contribution in [0.5, 0.6) is 11.5 Å². The average molecular weight is 386 g/mol. The summed E-state index contributed by atoms with van der Waals surface area (Å²) in [6.07, 6.45) is 0. The van der Waals surface area contributed by atoms with Crippen molar-refractivity contribution in [3.63, 3.8) is 0 Å². The van der Waals surface area contributed by atoms with Crippen LogP contribution in [-0.4, -0.2) is 23.2 Å². The molecule has 0 radical (unpaired) electrons. The minimum atomic E-state index is 0.547. The maximum Gasteiger partial charge on any atom is 0.175 e. The monoisotopic (exact) mass is 384 g/mol. The fourth-order valence-corrected chi connectivity index (χ4v) is 4.31. The van der Waals surface area contributed by atoms with Crippen LogP contribution in [0.2, 0.25) is 5.15 Å². The van der Waals surface area contributed by atoms with Crippen LogP contribution in [-0.2, 0) is 11.5 Å². The van der Waals surface area contributed by atoms with E-state index in [1.54, 1.807) is 11.8 Å². The van der Waals surface area contributed by atoms with Crippen molar-refractivity contribution in [2.75, 3.05) is 13.2 Å². The van der Waals surface area contributed by atoms with E-state index >= 15 is 0 Å². The van der Waals surface area contributed by atoms with E-state index in [9.17, 15) is 0 Å². The molecule has 3 heterocycles. The van der Waals surface area contributed by atoms with Gasteiger partial charge in [-0.15, -0.1) is 0 Å². The summed E-state index contributed by atoms with van der Waals surface area (Å²) in [5.41, 5.74) is 2.95. The van der Waals surface area contributed by atoms with Crippen molar-refractivity contribution < 1.29 is 9.47 Å². The van der Waals surface area contributed by atoms with Gasteiger partial charge in [0.05, 0.1) is 10.2 Å². The third kappa shape index (κ3) is 2.39. The van der Waals surface area contributed by atoms with Crippen molar-refractivity contribution in [2.24, 2.45) is 0 Å². The molecule has 0 aliphatic carbocycles. The van der Waals surface area contributed by atoms with Crippen LogP contribution in [0.1, 0.15) is 11.3 Å². The van der Waals surface area contributed by atoms with E-state index in [1.165, 1.54) is 0 Å². The smallest absolute Gasteiger partial charge is 0.175 e. The third-order valence-electron chi connectivity index (χ3n) is 3.38. The first-order valence-electron chi connectivity index (χ1n) is 6.45. The highest BCUT2D eigenvalue weighted by Crippen LogP contribution is 2.41. The zero-order valence-corrected chi connectivity index (χ0v) is 14.0. The Morgan fingerprint density at radius 3 is 2.90 bits per heavy atom. The van der Waals surface area contributed by atoms with Gasteiger partial charge in [0.15, 0.2) is 17.3 Å². The molecule has 0 spiro atoms. The van der Waals surface area contributed by atoms with Crippen LogP contribution >= 0.6 is 39.3 Å². The van der Waals surface area contributed by atoms with Crippen molar-refractivity contribution >= 4 is 39.3 Å². The van der Waals surface area contributed by atoms with Gasteiger partial charge in [-0.1, -0.05) is 11.6 Å². The SMILES string of the molecule is Clc1nc(-c2cc(Br)c3c(c2)OCCO3)nc2c1CSC2. The molecule has 7 heteroatoms. The normalized spacial score (nSPS) is 15.9. The van der Waals surface area contributed by atoms with Crippen LogP contribution in [0.4, 0.5) is 0 Å². The molecule has 4 rings (SSSR count). The maximum atomic E-state index is 6.28. The summed E-state index contributed by atoms with van der Waals surface area (Å²) in [5.74, 6) is 3.84. The summed E-state index contributed by atoms with van der Waals surface area (Å²) in [6, 6.07) is 3.84. The molecule has 21 heavy (non-hydrogen) atoms. The molecular weight excluding hydrogens is 376 g/mol. The maximum absolute atomic E-state index is 6.28. The molecule has 0 fully saturated rings. The van der Waals surface area contributed by atoms with E-state index in [2.05, 4.69) is 25.9 Å². The van der Waals surface area contributed by atoms with Gasteiger partial charge >= 0.3 is 0 Å². The highest BCUT2D eigenvalue weighted by molar-refractivity contribution is 9.10. The molecule has 1 aromatic heterocycles. The molecule has 2 aliphatic heterocycles. The average Bonchev–Trinajstić information content (AvgIpc) is 2.96. The number of nitrogens with zero attached hydrogens (tertiary/aromatic N) is 2. The summed E-state index contributed by atoms with van der Waals surface area (Å²) in [4.78, 5) is 9.07. The van der Waals surface area contributed by atoms with Crippen LogP contribution in [0.3, 0.4) is 0 Å². The topological polar surface area (TPSA) is 44.2 Å². The fraction of sp³-hybridized carbons (Fsp3) is 0.286. The van der Waals surface area contributed by atoms with Gasteiger partial charge in [0.25, 0.3) is 0 Å². The van der Waals surface area contributed by atoms with Gasteiger partial charge in [-0.2, -0.15) is 11.8 Å². The number of ether oxygens (including phenoxy) is 2. The largest absolute Gasteiger partial charge is 0.486 e. The number of benzene rings is 1. The number of halogens is 2. The van der Waals surface area contributed by atoms with Crippen LogP contribution in [0, 0.1) is 0 Å². The number of thioether (sulfide) groups is 1. The Balaban J connectivity index is 1.84. The van der Waals surface area contributed by atoms with Gasteiger partial charge in [0, 0.05) is 22.6 Å².